The van der Waals surface area contributed by atoms with Gasteiger partial charge in [-0.3, -0.25) is 4.90 Å². The molecular formula is C27H38N4S. The smallest absolute Gasteiger partial charge is 0.0560 e. The zero-order valence-corrected chi connectivity index (χ0v) is 21.0. The topological polar surface area (TPSA) is 21.8 Å². The average Bonchev–Trinajstić information content (AvgIpc) is 3.36. The fourth-order valence-corrected chi connectivity index (χ4v) is 6.78. The number of aryl methyl sites for hydroxylation is 2. The van der Waals surface area contributed by atoms with E-state index in [1.807, 2.05) is 11.8 Å². The molecule has 2 aromatic carbocycles. The number of rotatable bonds is 5. The van der Waals surface area contributed by atoms with Crippen molar-refractivity contribution in [3.8, 4) is 0 Å². The Balaban J connectivity index is 1.41. The summed E-state index contributed by atoms with van der Waals surface area (Å²) < 4.78 is 0. The predicted molar refractivity (Wildman–Crippen MR) is 139 cm³/mol. The number of anilines is 4. The van der Waals surface area contributed by atoms with Crippen molar-refractivity contribution in [3.05, 3.63) is 35.4 Å². The van der Waals surface area contributed by atoms with E-state index in [0.717, 1.165) is 32.0 Å². The molecular weight excluding hydrogens is 412 g/mol. The summed E-state index contributed by atoms with van der Waals surface area (Å²) in [6.45, 7) is 9.27. The molecule has 0 radical (unpaired) electrons. The van der Waals surface area contributed by atoms with Crippen LogP contribution in [0, 0.1) is 0 Å². The largest absolute Gasteiger partial charge is 0.378 e. The summed E-state index contributed by atoms with van der Waals surface area (Å²) >= 11 is 1.95. The molecule has 4 nitrogen and oxygen atoms in total. The third-order valence-electron chi connectivity index (χ3n) is 7.61. The average molecular weight is 451 g/mol. The molecule has 0 aromatic heterocycles. The first-order valence-corrected chi connectivity index (χ1v) is 13.3. The summed E-state index contributed by atoms with van der Waals surface area (Å²) in [5.41, 5.74) is 8.16. The molecule has 0 atom stereocenters. The van der Waals surface area contributed by atoms with Crippen molar-refractivity contribution in [2.75, 3.05) is 55.4 Å². The summed E-state index contributed by atoms with van der Waals surface area (Å²) in [5, 5.41) is 3.85. The lowest BCUT2D eigenvalue weighted by atomic mass is 10.0. The number of piperazine rings is 1. The molecule has 0 amide bonds. The summed E-state index contributed by atoms with van der Waals surface area (Å²) in [5.74, 6) is 0. The number of benzene rings is 2. The van der Waals surface area contributed by atoms with Gasteiger partial charge in [-0.25, -0.2) is 0 Å². The maximum Gasteiger partial charge on any atom is 0.0560 e. The first-order chi connectivity index (χ1) is 15.6. The summed E-state index contributed by atoms with van der Waals surface area (Å²) in [4.78, 5) is 10.3. The van der Waals surface area contributed by atoms with Gasteiger partial charge in [-0.05, 0) is 61.1 Å². The molecule has 2 heterocycles. The molecule has 32 heavy (non-hydrogen) atoms. The van der Waals surface area contributed by atoms with Gasteiger partial charge in [0.15, 0.2) is 0 Å². The molecule has 5 rings (SSSR count). The van der Waals surface area contributed by atoms with Crippen molar-refractivity contribution >= 4 is 34.5 Å². The molecule has 2 aliphatic heterocycles. The van der Waals surface area contributed by atoms with Gasteiger partial charge in [0.05, 0.1) is 11.4 Å². The molecule has 1 saturated heterocycles. The monoisotopic (exact) mass is 450 g/mol. The van der Waals surface area contributed by atoms with Crippen molar-refractivity contribution in [2.45, 2.75) is 68.2 Å². The van der Waals surface area contributed by atoms with E-state index in [4.69, 9.17) is 0 Å². The van der Waals surface area contributed by atoms with Crippen LogP contribution in [0.2, 0.25) is 0 Å². The minimum Gasteiger partial charge on any atom is -0.378 e. The number of hydrogen-bond donors (Lipinski definition) is 1. The van der Waals surface area contributed by atoms with Crippen molar-refractivity contribution in [2.24, 2.45) is 0 Å². The van der Waals surface area contributed by atoms with E-state index in [0.29, 0.717) is 0 Å². The molecule has 172 valence electrons. The van der Waals surface area contributed by atoms with Crippen LogP contribution in [0.25, 0.3) is 0 Å². The zero-order valence-electron chi connectivity index (χ0n) is 20.2. The molecule has 0 unspecified atom stereocenters. The Labute approximate surface area is 198 Å². The van der Waals surface area contributed by atoms with Gasteiger partial charge in [-0.2, -0.15) is 0 Å². The van der Waals surface area contributed by atoms with Crippen molar-refractivity contribution in [3.63, 3.8) is 0 Å². The van der Waals surface area contributed by atoms with Crippen LogP contribution in [0.1, 0.15) is 50.7 Å². The van der Waals surface area contributed by atoms with E-state index < -0.39 is 0 Å². The molecule has 2 fully saturated rings. The summed E-state index contributed by atoms with van der Waals surface area (Å²) in [6, 6.07) is 10.4. The third kappa shape index (κ3) is 4.10. The molecule has 0 bridgehead atoms. The van der Waals surface area contributed by atoms with Gasteiger partial charge >= 0.3 is 0 Å². The fourth-order valence-electron chi connectivity index (χ4n) is 5.62. The van der Waals surface area contributed by atoms with Gasteiger partial charge in [-0.1, -0.05) is 38.5 Å². The second-order valence-electron chi connectivity index (χ2n) is 9.75. The summed E-state index contributed by atoms with van der Waals surface area (Å²) in [7, 11) is 4.27. The Morgan fingerprint density at radius 2 is 1.50 bits per heavy atom. The van der Waals surface area contributed by atoms with Crippen LogP contribution in [0.4, 0.5) is 22.7 Å². The molecule has 3 aliphatic rings. The van der Waals surface area contributed by atoms with E-state index in [2.05, 4.69) is 72.2 Å². The Morgan fingerprint density at radius 3 is 2.12 bits per heavy atom. The number of nitrogens with zero attached hydrogens (tertiary/aromatic N) is 3. The van der Waals surface area contributed by atoms with Crippen molar-refractivity contribution in [1.29, 1.82) is 0 Å². The van der Waals surface area contributed by atoms with Crippen LogP contribution in [0.5, 0.6) is 0 Å². The van der Waals surface area contributed by atoms with Crippen LogP contribution < -0.4 is 15.1 Å². The van der Waals surface area contributed by atoms with Crippen molar-refractivity contribution < 1.29 is 0 Å². The minimum absolute atomic E-state index is 0.849. The Morgan fingerprint density at radius 1 is 0.875 bits per heavy atom. The molecule has 5 heteroatoms. The maximum absolute atomic E-state index is 3.85. The van der Waals surface area contributed by atoms with Gasteiger partial charge in [0, 0.05) is 67.5 Å². The highest BCUT2D eigenvalue weighted by molar-refractivity contribution is 7.99. The lowest BCUT2D eigenvalue weighted by Gasteiger charge is -2.39. The fraction of sp³-hybridized carbons (Fsp3) is 0.556. The Kier molecular flexibility index (Phi) is 6.31. The van der Waals surface area contributed by atoms with Gasteiger partial charge in [0.2, 0.25) is 0 Å². The highest BCUT2D eigenvalue weighted by atomic mass is 32.2. The van der Waals surface area contributed by atoms with Crippen molar-refractivity contribution in [1.82, 2.24) is 4.90 Å². The second kappa shape index (κ2) is 9.18. The first kappa shape index (κ1) is 22.0. The normalized spacial score (nSPS) is 18.9. The lowest BCUT2D eigenvalue weighted by Crippen LogP contribution is -2.49. The van der Waals surface area contributed by atoms with Gasteiger partial charge in [-0.15, -0.1) is 0 Å². The predicted octanol–water partition coefficient (Wildman–Crippen LogP) is 6.15. The highest BCUT2D eigenvalue weighted by Crippen LogP contribution is 2.49. The van der Waals surface area contributed by atoms with Gasteiger partial charge < -0.3 is 15.1 Å². The molecule has 0 spiro atoms. The quantitative estimate of drug-likeness (QED) is 0.502. The van der Waals surface area contributed by atoms with Crippen LogP contribution >= 0.6 is 11.8 Å². The standard InChI is InChI=1S/C27H38N4S/c1-5-19-15-22(29(3)4)17-24-26(19)28-27-20(6-2)16-23(18-25(27)32-24)31-13-11-30(12-14-31)21-9-7-8-10-21/h15-18,21,28H,5-14H2,1-4H3. The van der Waals surface area contributed by atoms with E-state index in [-0.39, 0.29) is 0 Å². The Bertz CT molecular complexity index is 972. The molecule has 2 aromatic rings. The van der Waals surface area contributed by atoms with E-state index >= 15 is 0 Å². The highest BCUT2D eigenvalue weighted by Gasteiger charge is 2.28. The lowest BCUT2D eigenvalue weighted by molar-refractivity contribution is 0.187. The van der Waals surface area contributed by atoms with Crippen LogP contribution in [-0.4, -0.2) is 51.2 Å². The molecule has 1 aliphatic carbocycles. The minimum atomic E-state index is 0.849. The maximum atomic E-state index is 3.85. The number of hydrogen-bond acceptors (Lipinski definition) is 5. The number of fused-ring (bicyclic) bond motifs is 2. The molecule has 1 N–H and O–H groups in total. The summed E-state index contributed by atoms with van der Waals surface area (Å²) in [6.07, 6.45) is 7.77. The van der Waals surface area contributed by atoms with Crippen LogP contribution in [-0.2, 0) is 12.8 Å². The van der Waals surface area contributed by atoms with E-state index in [1.165, 1.54) is 82.4 Å². The SMILES string of the molecule is CCc1cc(N(C)C)cc2c1Nc1c(CC)cc(N3CCN(C4CCCC4)CC3)cc1S2. The van der Waals surface area contributed by atoms with Gasteiger partial charge in [0.1, 0.15) is 0 Å². The van der Waals surface area contributed by atoms with Crippen LogP contribution in [0.3, 0.4) is 0 Å². The zero-order chi connectivity index (χ0) is 22.2. The number of nitrogens with one attached hydrogen (secondary N) is 1. The Hall–Kier alpha value is -1.85. The first-order valence-electron chi connectivity index (χ1n) is 12.5. The van der Waals surface area contributed by atoms with Crippen LogP contribution in [0.15, 0.2) is 34.1 Å². The van der Waals surface area contributed by atoms with E-state index in [1.54, 1.807) is 0 Å². The second-order valence-corrected chi connectivity index (χ2v) is 10.8. The molecule has 1 saturated carbocycles. The van der Waals surface area contributed by atoms with E-state index in [9.17, 15) is 0 Å². The van der Waals surface area contributed by atoms with Gasteiger partial charge in [0.25, 0.3) is 0 Å². The third-order valence-corrected chi connectivity index (χ3v) is 8.69.